The number of anilines is 1. The Kier molecular flexibility index (Phi) is 4.71. The zero-order valence-electron chi connectivity index (χ0n) is 10.4. The summed E-state index contributed by atoms with van der Waals surface area (Å²) in [5.41, 5.74) is 0.630. The molecule has 0 spiro atoms. The number of carbonyl (C=O) groups is 1. The van der Waals surface area contributed by atoms with Gasteiger partial charge in [-0.1, -0.05) is 0 Å². The van der Waals surface area contributed by atoms with Gasteiger partial charge < -0.3 is 5.11 Å². The second-order valence-corrected chi connectivity index (χ2v) is 8.80. The van der Waals surface area contributed by atoms with E-state index in [1.54, 1.807) is 13.0 Å². The molecule has 112 valence electrons. The van der Waals surface area contributed by atoms with Crippen LogP contribution >= 0.6 is 43.2 Å². The highest BCUT2D eigenvalue weighted by Crippen LogP contribution is 2.32. The number of carboxylic acid groups (broad SMARTS) is 1. The molecule has 2 heterocycles. The van der Waals surface area contributed by atoms with E-state index < -0.39 is 16.0 Å². The van der Waals surface area contributed by atoms with Crippen molar-refractivity contribution in [1.29, 1.82) is 0 Å². The topological polar surface area (TPSA) is 96.4 Å². The van der Waals surface area contributed by atoms with Crippen LogP contribution in [0.5, 0.6) is 0 Å². The summed E-state index contributed by atoms with van der Waals surface area (Å²) in [5.74, 6) is -1.02. The monoisotopic (exact) mass is 454 g/mol. The number of pyridine rings is 1. The first-order valence-corrected chi connectivity index (χ1v) is 9.28. The van der Waals surface area contributed by atoms with Crippen LogP contribution in [0.15, 0.2) is 31.4 Å². The minimum absolute atomic E-state index is 0.0674. The molecule has 10 heteroatoms. The first-order valence-electron chi connectivity index (χ1n) is 5.39. The van der Waals surface area contributed by atoms with Crippen LogP contribution in [0.4, 0.5) is 5.82 Å². The Labute approximate surface area is 141 Å². The number of sulfonamides is 1. The van der Waals surface area contributed by atoms with Crippen LogP contribution < -0.4 is 4.72 Å². The number of nitrogens with one attached hydrogen (secondary N) is 1. The number of halogens is 2. The highest BCUT2D eigenvalue weighted by molar-refractivity contribution is 9.11. The lowest BCUT2D eigenvalue weighted by atomic mass is 10.4. The van der Waals surface area contributed by atoms with Crippen molar-refractivity contribution < 1.29 is 18.3 Å². The smallest absolute Gasteiger partial charge is 0.345 e. The average Bonchev–Trinajstić information content (AvgIpc) is 2.77. The molecule has 2 aromatic rings. The zero-order chi connectivity index (χ0) is 15.8. The lowest BCUT2D eigenvalue weighted by molar-refractivity contribution is 0.0702. The van der Waals surface area contributed by atoms with Crippen molar-refractivity contribution in [2.75, 3.05) is 4.72 Å². The fourth-order valence-electron chi connectivity index (χ4n) is 1.43. The van der Waals surface area contributed by atoms with E-state index in [-0.39, 0.29) is 19.4 Å². The van der Waals surface area contributed by atoms with Gasteiger partial charge in [-0.3, -0.25) is 4.72 Å². The van der Waals surface area contributed by atoms with Gasteiger partial charge in [-0.15, -0.1) is 11.3 Å². The van der Waals surface area contributed by atoms with Crippen molar-refractivity contribution in [2.24, 2.45) is 0 Å². The molecule has 0 unspecified atom stereocenters. The van der Waals surface area contributed by atoms with Crippen molar-refractivity contribution in [3.05, 3.63) is 37.0 Å². The number of aromatic carboxylic acids is 1. The van der Waals surface area contributed by atoms with Crippen molar-refractivity contribution in [1.82, 2.24) is 4.98 Å². The van der Waals surface area contributed by atoms with E-state index >= 15 is 0 Å². The highest BCUT2D eigenvalue weighted by Gasteiger charge is 2.23. The summed E-state index contributed by atoms with van der Waals surface area (Å²) in [7, 11) is -3.91. The van der Waals surface area contributed by atoms with E-state index in [4.69, 9.17) is 5.11 Å². The molecule has 0 fully saturated rings. The molecule has 0 saturated heterocycles. The molecule has 2 rings (SSSR count). The summed E-state index contributed by atoms with van der Waals surface area (Å²) in [6.07, 6.45) is 0. The summed E-state index contributed by atoms with van der Waals surface area (Å²) in [6, 6.07) is 4.28. The highest BCUT2D eigenvalue weighted by atomic mass is 79.9. The zero-order valence-corrected chi connectivity index (χ0v) is 15.2. The fourth-order valence-corrected chi connectivity index (χ4v) is 5.06. The molecule has 0 aromatic carbocycles. The summed E-state index contributed by atoms with van der Waals surface area (Å²) in [4.78, 5) is 14.8. The van der Waals surface area contributed by atoms with E-state index in [1.165, 1.54) is 6.07 Å². The normalized spacial score (nSPS) is 11.4. The summed E-state index contributed by atoms with van der Waals surface area (Å²) < 4.78 is 27.9. The van der Waals surface area contributed by atoms with Crippen LogP contribution in [0.3, 0.4) is 0 Å². The molecule has 0 aliphatic rings. The number of hydrogen-bond acceptors (Lipinski definition) is 5. The molecule has 0 atom stereocenters. The number of aryl methyl sites for hydroxylation is 1. The first-order chi connectivity index (χ1) is 9.70. The van der Waals surface area contributed by atoms with E-state index in [9.17, 15) is 13.2 Å². The van der Waals surface area contributed by atoms with Crippen LogP contribution in [0.25, 0.3) is 0 Å². The minimum atomic E-state index is -3.91. The van der Waals surface area contributed by atoms with Crippen molar-refractivity contribution in [3.8, 4) is 0 Å². The van der Waals surface area contributed by atoms with E-state index in [2.05, 4.69) is 41.6 Å². The van der Waals surface area contributed by atoms with Crippen molar-refractivity contribution in [3.63, 3.8) is 0 Å². The third kappa shape index (κ3) is 3.62. The van der Waals surface area contributed by atoms with Gasteiger partial charge in [0, 0.05) is 4.47 Å². The molecule has 2 aromatic heterocycles. The molecular formula is C11H8Br2N2O4S2. The lowest BCUT2D eigenvalue weighted by Crippen LogP contribution is -2.14. The van der Waals surface area contributed by atoms with Gasteiger partial charge >= 0.3 is 5.97 Å². The fraction of sp³-hybridized carbons (Fsp3) is 0.0909. The van der Waals surface area contributed by atoms with Gasteiger partial charge in [0.25, 0.3) is 10.0 Å². The Morgan fingerprint density at radius 2 is 2.05 bits per heavy atom. The van der Waals surface area contributed by atoms with Gasteiger partial charge in [0.15, 0.2) is 0 Å². The lowest BCUT2D eigenvalue weighted by Gasteiger charge is -2.07. The number of hydrogen-bond donors (Lipinski definition) is 2. The van der Waals surface area contributed by atoms with Gasteiger partial charge in [-0.25, -0.2) is 18.2 Å². The number of rotatable bonds is 4. The molecule has 0 aliphatic heterocycles. The summed E-state index contributed by atoms with van der Waals surface area (Å²) in [5, 5.41) is 8.90. The van der Waals surface area contributed by atoms with Crippen LogP contribution in [0.2, 0.25) is 0 Å². The molecule has 2 N–H and O–H groups in total. The largest absolute Gasteiger partial charge is 0.477 e. The molecule has 21 heavy (non-hydrogen) atoms. The second-order valence-electron chi connectivity index (χ2n) is 3.92. The molecule has 0 amide bonds. The Bertz CT molecular complexity index is 818. The Morgan fingerprint density at radius 3 is 2.57 bits per heavy atom. The standard InChI is InChI=1S/C11H8Br2N2O4S2/c1-5-6(12)2-3-9(14-5)15-21(18,19)8-4-7(11(16)17)20-10(8)13/h2-4H,1H3,(H,14,15)(H,16,17). The van der Waals surface area contributed by atoms with Gasteiger partial charge in [0.05, 0.1) is 9.48 Å². The van der Waals surface area contributed by atoms with Gasteiger partial charge in [-0.2, -0.15) is 0 Å². The number of aromatic nitrogens is 1. The third-order valence-electron chi connectivity index (χ3n) is 2.42. The number of carboxylic acids is 1. The SMILES string of the molecule is Cc1nc(NS(=O)(=O)c2cc(C(=O)O)sc2Br)ccc1Br. The molecule has 0 aliphatic carbocycles. The predicted octanol–water partition coefficient (Wildman–Crippen LogP) is 3.48. The summed E-state index contributed by atoms with van der Waals surface area (Å²) in [6.45, 7) is 1.73. The van der Waals surface area contributed by atoms with E-state index in [0.29, 0.717) is 5.69 Å². The molecular weight excluding hydrogens is 448 g/mol. The van der Waals surface area contributed by atoms with Crippen LogP contribution in [0, 0.1) is 6.92 Å². The molecule has 0 saturated carbocycles. The first kappa shape index (κ1) is 16.4. The second kappa shape index (κ2) is 6.03. The molecule has 0 radical (unpaired) electrons. The Morgan fingerprint density at radius 1 is 1.38 bits per heavy atom. The maximum Gasteiger partial charge on any atom is 0.345 e. The van der Waals surface area contributed by atoms with Gasteiger partial charge in [-0.05, 0) is 57.0 Å². The average molecular weight is 456 g/mol. The maximum absolute atomic E-state index is 12.3. The Hall–Kier alpha value is -0.970. The minimum Gasteiger partial charge on any atom is -0.477 e. The summed E-state index contributed by atoms with van der Waals surface area (Å²) >= 11 is 7.18. The van der Waals surface area contributed by atoms with Crippen molar-refractivity contribution in [2.45, 2.75) is 11.8 Å². The van der Waals surface area contributed by atoms with Gasteiger partial charge in [0.1, 0.15) is 15.6 Å². The Balaban J connectivity index is 2.38. The van der Waals surface area contributed by atoms with Crippen LogP contribution in [-0.2, 0) is 10.0 Å². The number of nitrogens with zero attached hydrogens (tertiary/aromatic N) is 1. The van der Waals surface area contributed by atoms with Crippen LogP contribution in [-0.4, -0.2) is 24.5 Å². The van der Waals surface area contributed by atoms with Crippen molar-refractivity contribution >= 4 is 65.0 Å². The quantitative estimate of drug-likeness (QED) is 0.735. The third-order valence-corrected chi connectivity index (χ3v) is 6.85. The number of thiophene rings is 1. The molecule has 6 nitrogen and oxygen atoms in total. The maximum atomic E-state index is 12.3. The predicted molar refractivity (Wildman–Crippen MR) is 86.5 cm³/mol. The van der Waals surface area contributed by atoms with E-state index in [0.717, 1.165) is 21.9 Å². The van der Waals surface area contributed by atoms with Crippen LogP contribution in [0.1, 0.15) is 15.4 Å². The van der Waals surface area contributed by atoms with Gasteiger partial charge in [0.2, 0.25) is 0 Å². The molecule has 0 bridgehead atoms. The van der Waals surface area contributed by atoms with E-state index in [1.807, 2.05) is 0 Å².